The zero-order chi connectivity index (χ0) is 14.1. The molecule has 0 fully saturated rings. The van der Waals surface area contributed by atoms with Gasteiger partial charge in [-0.15, -0.1) is 0 Å². The number of rotatable bonds is 9. The highest BCUT2D eigenvalue weighted by atomic mass is 32.1. The third-order valence-corrected chi connectivity index (χ3v) is 3.08. The summed E-state index contributed by atoms with van der Waals surface area (Å²) in [5.74, 6) is 0. The summed E-state index contributed by atoms with van der Waals surface area (Å²) in [6.45, 7) is 6.74. The van der Waals surface area contributed by atoms with Crippen LogP contribution in [0, 0.1) is 6.92 Å². The van der Waals surface area contributed by atoms with Gasteiger partial charge in [0.25, 0.3) is 0 Å². The van der Waals surface area contributed by atoms with Crippen molar-refractivity contribution in [2.24, 2.45) is 5.73 Å². The van der Waals surface area contributed by atoms with E-state index in [0.717, 1.165) is 43.9 Å². The lowest BCUT2D eigenvalue weighted by molar-refractivity contribution is 0.131. The smallest absolute Gasteiger partial charge is 0.106 e. The van der Waals surface area contributed by atoms with E-state index in [1.807, 2.05) is 12.1 Å². The van der Waals surface area contributed by atoms with E-state index in [0.29, 0.717) is 4.99 Å². The Balaban J connectivity index is 2.36. The van der Waals surface area contributed by atoms with Gasteiger partial charge in [0.15, 0.2) is 0 Å². The molecule has 106 valence electrons. The fraction of sp³-hybridized carbons (Fsp3) is 0.533. The van der Waals surface area contributed by atoms with E-state index in [9.17, 15) is 0 Å². The van der Waals surface area contributed by atoms with Gasteiger partial charge in [-0.2, -0.15) is 0 Å². The molecule has 4 heteroatoms. The van der Waals surface area contributed by atoms with Crippen LogP contribution in [0.5, 0.6) is 0 Å². The average molecular weight is 280 g/mol. The molecule has 0 aliphatic heterocycles. The van der Waals surface area contributed by atoms with E-state index in [1.54, 1.807) is 0 Å². The molecule has 0 aromatic heterocycles. The standard InChI is InChI=1S/C15H24N2OS/c1-3-4-9-18-10-5-8-17-14-11-12(2)6-7-13(14)15(16)19/h6-7,11,17H,3-5,8-10H2,1-2H3,(H2,16,19). The summed E-state index contributed by atoms with van der Waals surface area (Å²) in [6.07, 6.45) is 3.30. The number of ether oxygens (including phenoxy) is 1. The topological polar surface area (TPSA) is 47.3 Å². The minimum atomic E-state index is 0.432. The first-order valence-corrected chi connectivity index (χ1v) is 7.28. The monoisotopic (exact) mass is 280 g/mol. The van der Waals surface area contributed by atoms with Crippen LogP contribution in [0.25, 0.3) is 0 Å². The molecule has 0 saturated heterocycles. The maximum absolute atomic E-state index is 5.72. The summed E-state index contributed by atoms with van der Waals surface area (Å²) in [4.78, 5) is 0.432. The van der Waals surface area contributed by atoms with Crippen molar-refractivity contribution in [3.8, 4) is 0 Å². The summed E-state index contributed by atoms with van der Waals surface area (Å²) in [5, 5.41) is 3.38. The van der Waals surface area contributed by atoms with Gasteiger partial charge in [0.05, 0.1) is 0 Å². The Bertz CT molecular complexity index is 407. The molecule has 3 N–H and O–H groups in total. The second-order valence-electron chi connectivity index (χ2n) is 4.66. The molecule has 1 rings (SSSR count). The second kappa shape index (κ2) is 8.88. The van der Waals surface area contributed by atoms with Crippen LogP contribution in [-0.4, -0.2) is 24.7 Å². The number of hydrogen-bond donors (Lipinski definition) is 2. The van der Waals surface area contributed by atoms with E-state index in [2.05, 4.69) is 25.2 Å². The van der Waals surface area contributed by atoms with Crippen LogP contribution in [-0.2, 0) is 4.74 Å². The van der Waals surface area contributed by atoms with E-state index < -0.39 is 0 Å². The summed E-state index contributed by atoms with van der Waals surface area (Å²) >= 11 is 5.06. The fourth-order valence-electron chi connectivity index (χ4n) is 1.76. The van der Waals surface area contributed by atoms with Crippen molar-refractivity contribution in [3.05, 3.63) is 29.3 Å². The van der Waals surface area contributed by atoms with Gasteiger partial charge in [0.1, 0.15) is 4.99 Å². The molecule has 0 unspecified atom stereocenters. The van der Waals surface area contributed by atoms with Crippen molar-refractivity contribution in [1.29, 1.82) is 0 Å². The zero-order valence-electron chi connectivity index (χ0n) is 11.9. The molecule has 0 atom stereocenters. The maximum Gasteiger partial charge on any atom is 0.106 e. The van der Waals surface area contributed by atoms with Gasteiger partial charge in [-0.25, -0.2) is 0 Å². The van der Waals surface area contributed by atoms with Gasteiger partial charge in [0, 0.05) is 31.0 Å². The van der Waals surface area contributed by atoms with E-state index >= 15 is 0 Å². The van der Waals surface area contributed by atoms with E-state index in [1.165, 1.54) is 12.0 Å². The van der Waals surface area contributed by atoms with Crippen LogP contribution in [0.3, 0.4) is 0 Å². The number of nitrogens with one attached hydrogen (secondary N) is 1. The Morgan fingerprint density at radius 3 is 2.74 bits per heavy atom. The minimum absolute atomic E-state index is 0.432. The van der Waals surface area contributed by atoms with Crippen molar-refractivity contribution < 1.29 is 4.74 Å². The fourth-order valence-corrected chi connectivity index (χ4v) is 1.94. The van der Waals surface area contributed by atoms with Gasteiger partial charge in [-0.1, -0.05) is 31.6 Å². The van der Waals surface area contributed by atoms with Gasteiger partial charge in [-0.05, 0) is 37.5 Å². The largest absolute Gasteiger partial charge is 0.389 e. The number of unbranched alkanes of at least 4 members (excludes halogenated alkanes) is 1. The predicted octanol–water partition coefficient (Wildman–Crippen LogP) is 3.25. The van der Waals surface area contributed by atoms with Crippen LogP contribution >= 0.6 is 12.2 Å². The van der Waals surface area contributed by atoms with Crippen LogP contribution in [0.1, 0.15) is 37.3 Å². The number of aryl methyl sites for hydroxylation is 1. The predicted molar refractivity (Wildman–Crippen MR) is 85.9 cm³/mol. The first-order valence-electron chi connectivity index (χ1n) is 6.87. The molecule has 0 bridgehead atoms. The molecule has 19 heavy (non-hydrogen) atoms. The van der Waals surface area contributed by atoms with Crippen molar-refractivity contribution in [1.82, 2.24) is 0 Å². The molecule has 0 amide bonds. The summed E-state index contributed by atoms with van der Waals surface area (Å²) < 4.78 is 5.52. The number of thiocarbonyl (C=S) groups is 1. The molecule has 1 aromatic carbocycles. The quantitative estimate of drug-likeness (QED) is 0.538. The molecular formula is C15H24N2OS. The molecular weight excluding hydrogens is 256 g/mol. The molecule has 1 aromatic rings. The van der Waals surface area contributed by atoms with Gasteiger partial charge < -0.3 is 15.8 Å². The lowest BCUT2D eigenvalue weighted by Crippen LogP contribution is -2.14. The summed E-state index contributed by atoms with van der Waals surface area (Å²) in [6, 6.07) is 6.07. The first kappa shape index (κ1) is 15.9. The van der Waals surface area contributed by atoms with Crippen LogP contribution < -0.4 is 11.1 Å². The van der Waals surface area contributed by atoms with Gasteiger partial charge in [0.2, 0.25) is 0 Å². The molecule has 0 aliphatic rings. The number of benzene rings is 1. The minimum Gasteiger partial charge on any atom is -0.389 e. The molecule has 0 spiro atoms. The van der Waals surface area contributed by atoms with Crippen LogP contribution in [0.4, 0.5) is 5.69 Å². The molecule has 3 nitrogen and oxygen atoms in total. The lowest BCUT2D eigenvalue weighted by atomic mass is 10.1. The van der Waals surface area contributed by atoms with Crippen LogP contribution in [0.2, 0.25) is 0 Å². The maximum atomic E-state index is 5.72. The first-order chi connectivity index (χ1) is 9.15. The van der Waals surface area contributed by atoms with E-state index in [4.69, 9.17) is 22.7 Å². The molecule has 0 saturated carbocycles. The molecule has 0 radical (unpaired) electrons. The normalized spacial score (nSPS) is 10.4. The number of anilines is 1. The van der Waals surface area contributed by atoms with E-state index in [-0.39, 0.29) is 0 Å². The zero-order valence-corrected chi connectivity index (χ0v) is 12.7. The Morgan fingerprint density at radius 1 is 1.32 bits per heavy atom. The highest BCUT2D eigenvalue weighted by molar-refractivity contribution is 7.80. The summed E-state index contributed by atoms with van der Waals surface area (Å²) in [5.41, 5.74) is 8.84. The second-order valence-corrected chi connectivity index (χ2v) is 5.10. The number of nitrogens with two attached hydrogens (primary N) is 1. The Kier molecular flexibility index (Phi) is 7.45. The number of hydrogen-bond acceptors (Lipinski definition) is 3. The van der Waals surface area contributed by atoms with Crippen molar-refractivity contribution >= 4 is 22.9 Å². The summed E-state index contributed by atoms with van der Waals surface area (Å²) in [7, 11) is 0. The molecule has 0 aliphatic carbocycles. The highest BCUT2D eigenvalue weighted by Crippen LogP contribution is 2.17. The van der Waals surface area contributed by atoms with Gasteiger partial charge in [-0.3, -0.25) is 0 Å². The van der Waals surface area contributed by atoms with Crippen molar-refractivity contribution in [2.75, 3.05) is 25.1 Å². The Labute approximate surface area is 121 Å². The third-order valence-electron chi connectivity index (χ3n) is 2.86. The lowest BCUT2D eigenvalue weighted by Gasteiger charge is -2.12. The Hall–Kier alpha value is -1.13. The average Bonchev–Trinajstić information content (AvgIpc) is 2.37. The third kappa shape index (κ3) is 6.03. The van der Waals surface area contributed by atoms with Crippen molar-refractivity contribution in [3.63, 3.8) is 0 Å². The molecule has 0 heterocycles. The Morgan fingerprint density at radius 2 is 2.05 bits per heavy atom. The highest BCUT2D eigenvalue weighted by Gasteiger charge is 2.04. The van der Waals surface area contributed by atoms with Gasteiger partial charge >= 0.3 is 0 Å². The van der Waals surface area contributed by atoms with Crippen LogP contribution in [0.15, 0.2) is 18.2 Å². The van der Waals surface area contributed by atoms with Crippen molar-refractivity contribution in [2.45, 2.75) is 33.1 Å². The SMILES string of the molecule is CCCCOCCCNc1cc(C)ccc1C(N)=S.